The first-order valence-corrected chi connectivity index (χ1v) is 10.8. The third-order valence-electron chi connectivity index (χ3n) is 4.93. The van der Waals surface area contributed by atoms with Gasteiger partial charge in [0.25, 0.3) is 0 Å². The monoisotopic (exact) mass is 401 g/mol. The van der Waals surface area contributed by atoms with Crippen molar-refractivity contribution in [2.45, 2.75) is 48.9 Å². The number of rotatable bonds is 6. The molecule has 0 unspecified atom stereocenters. The van der Waals surface area contributed by atoms with Gasteiger partial charge in [0.1, 0.15) is 5.54 Å². The lowest BCUT2D eigenvalue weighted by Crippen LogP contribution is -2.50. The standard InChI is InChI=1S/C19H23N5OS2/c1-14-6-8-15(9-7-14)21-17-22-23-18(27-17)26-12-16(25)24(2)19(13-20)10-4-3-5-11-19/h6-9H,3-5,10-12H2,1-2H3,(H,21,22). The number of amides is 1. The fourth-order valence-electron chi connectivity index (χ4n) is 3.20. The van der Waals surface area contributed by atoms with E-state index in [0.29, 0.717) is 5.13 Å². The van der Waals surface area contributed by atoms with Crippen LogP contribution in [0.4, 0.5) is 10.8 Å². The van der Waals surface area contributed by atoms with Gasteiger partial charge in [0.05, 0.1) is 11.8 Å². The van der Waals surface area contributed by atoms with Crippen LogP contribution in [0.2, 0.25) is 0 Å². The molecule has 0 bridgehead atoms. The molecule has 1 aromatic heterocycles. The Morgan fingerprint density at radius 3 is 2.67 bits per heavy atom. The molecule has 1 amide bonds. The zero-order valence-electron chi connectivity index (χ0n) is 15.6. The number of benzene rings is 1. The Hall–Kier alpha value is -2.11. The van der Waals surface area contributed by atoms with Crippen LogP contribution in [0.15, 0.2) is 28.6 Å². The zero-order chi connectivity index (χ0) is 19.3. The van der Waals surface area contributed by atoms with Crippen LogP contribution in [0, 0.1) is 18.3 Å². The first kappa shape index (κ1) is 19.6. The summed E-state index contributed by atoms with van der Waals surface area (Å²) in [6.45, 7) is 2.04. The van der Waals surface area contributed by atoms with E-state index in [9.17, 15) is 10.1 Å². The molecule has 8 heteroatoms. The molecule has 3 rings (SSSR count). The van der Waals surface area contributed by atoms with E-state index >= 15 is 0 Å². The molecule has 1 aromatic carbocycles. The van der Waals surface area contributed by atoms with E-state index in [1.54, 1.807) is 11.9 Å². The molecule has 0 spiro atoms. The summed E-state index contributed by atoms with van der Waals surface area (Å²) in [5.74, 6) is 0.228. The van der Waals surface area contributed by atoms with E-state index in [0.717, 1.165) is 42.1 Å². The number of nitrogens with one attached hydrogen (secondary N) is 1. The summed E-state index contributed by atoms with van der Waals surface area (Å²) in [6.07, 6.45) is 4.67. The van der Waals surface area contributed by atoms with Crippen LogP contribution in [0.5, 0.6) is 0 Å². The van der Waals surface area contributed by atoms with Gasteiger partial charge in [0.15, 0.2) is 4.34 Å². The number of nitriles is 1. The highest BCUT2D eigenvalue weighted by Crippen LogP contribution is 2.34. The third kappa shape index (κ3) is 4.79. The summed E-state index contributed by atoms with van der Waals surface area (Å²) < 4.78 is 0.737. The second-order valence-corrected chi connectivity index (χ2v) is 9.01. The van der Waals surface area contributed by atoms with Crippen LogP contribution in [0.25, 0.3) is 0 Å². The molecule has 1 aliphatic rings. The lowest BCUT2D eigenvalue weighted by Gasteiger charge is -2.38. The van der Waals surface area contributed by atoms with Gasteiger partial charge in [-0.15, -0.1) is 10.2 Å². The summed E-state index contributed by atoms with van der Waals surface area (Å²) in [7, 11) is 1.75. The Morgan fingerprint density at radius 2 is 2.00 bits per heavy atom. The number of carbonyl (C=O) groups is 1. The number of anilines is 2. The van der Waals surface area contributed by atoms with Gasteiger partial charge in [0.2, 0.25) is 11.0 Å². The van der Waals surface area contributed by atoms with Gasteiger partial charge in [-0.3, -0.25) is 4.79 Å². The fourth-order valence-corrected chi connectivity index (χ4v) is 4.88. The average Bonchev–Trinajstić information content (AvgIpc) is 3.15. The third-order valence-corrected chi connectivity index (χ3v) is 6.89. The average molecular weight is 402 g/mol. The number of carbonyl (C=O) groups excluding carboxylic acids is 1. The van der Waals surface area contributed by atoms with Crippen LogP contribution in [0.1, 0.15) is 37.7 Å². The number of hydrogen-bond acceptors (Lipinski definition) is 7. The largest absolute Gasteiger partial charge is 0.330 e. The molecule has 142 valence electrons. The summed E-state index contributed by atoms with van der Waals surface area (Å²) in [4.78, 5) is 14.2. The van der Waals surface area contributed by atoms with Crippen molar-refractivity contribution in [3.8, 4) is 6.07 Å². The van der Waals surface area contributed by atoms with Crippen molar-refractivity contribution in [1.29, 1.82) is 5.26 Å². The molecule has 1 heterocycles. The smallest absolute Gasteiger partial charge is 0.234 e. The van der Waals surface area contributed by atoms with Gasteiger partial charge in [0, 0.05) is 12.7 Å². The Labute approximate surface area is 168 Å². The van der Waals surface area contributed by atoms with Crippen LogP contribution in [-0.4, -0.2) is 39.3 Å². The lowest BCUT2D eigenvalue weighted by molar-refractivity contribution is -0.131. The molecule has 1 aliphatic carbocycles. The van der Waals surface area contributed by atoms with Gasteiger partial charge in [-0.1, -0.05) is 60.1 Å². The molecule has 2 aromatic rings. The molecule has 0 saturated heterocycles. The van der Waals surface area contributed by atoms with Crippen molar-refractivity contribution in [1.82, 2.24) is 15.1 Å². The first-order valence-electron chi connectivity index (χ1n) is 9.00. The molecule has 0 aliphatic heterocycles. The Morgan fingerprint density at radius 1 is 1.30 bits per heavy atom. The summed E-state index contributed by atoms with van der Waals surface area (Å²) in [5, 5.41) is 21.8. The Bertz CT molecular complexity index is 821. The fraction of sp³-hybridized carbons (Fsp3) is 0.474. The predicted molar refractivity (Wildman–Crippen MR) is 109 cm³/mol. The highest BCUT2D eigenvalue weighted by atomic mass is 32.2. The van der Waals surface area contributed by atoms with E-state index in [4.69, 9.17) is 0 Å². The molecule has 0 atom stereocenters. The van der Waals surface area contributed by atoms with Gasteiger partial charge < -0.3 is 10.2 Å². The van der Waals surface area contributed by atoms with Crippen LogP contribution in [-0.2, 0) is 4.79 Å². The van der Waals surface area contributed by atoms with Crippen molar-refractivity contribution >= 4 is 39.8 Å². The zero-order valence-corrected chi connectivity index (χ0v) is 17.2. The summed E-state index contributed by atoms with van der Waals surface area (Å²) in [5.41, 5.74) is 1.51. The molecule has 6 nitrogen and oxygen atoms in total. The van der Waals surface area contributed by atoms with Gasteiger partial charge in [-0.2, -0.15) is 5.26 Å². The second kappa shape index (κ2) is 8.72. The maximum absolute atomic E-state index is 12.6. The first-order chi connectivity index (χ1) is 13.0. The van der Waals surface area contributed by atoms with Crippen molar-refractivity contribution in [2.75, 3.05) is 18.1 Å². The highest BCUT2D eigenvalue weighted by Gasteiger charge is 2.38. The number of nitrogens with zero attached hydrogens (tertiary/aromatic N) is 4. The summed E-state index contributed by atoms with van der Waals surface area (Å²) in [6, 6.07) is 10.4. The number of aryl methyl sites for hydroxylation is 1. The molecule has 1 saturated carbocycles. The number of aromatic nitrogens is 2. The summed E-state index contributed by atoms with van der Waals surface area (Å²) >= 11 is 2.79. The van der Waals surface area contributed by atoms with Gasteiger partial charge in [-0.05, 0) is 31.9 Å². The van der Waals surface area contributed by atoms with Crippen LogP contribution < -0.4 is 5.32 Å². The van der Waals surface area contributed by atoms with E-state index < -0.39 is 5.54 Å². The highest BCUT2D eigenvalue weighted by molar-refractivity contribution is 8.01. The minimum Gasteiger partial charge on any atom is -0.330 e. The van der Waals surface area contributed by atoms with E-state index in [2.05, 4.69) is 21.6 Å². The molecular formula is C19H23N5OS2. The quantitative estimate of drug-likeness (QED) is 0.724. The van der Waals surface area contributed by atoms with Crippen molar-refractivity contribution in [3.05, 3.63) is 29.8 Å². The van der Waals surface area contributed by atoms with Gasteiger partial charge in [-0.25, -0.2) is 0 Å². The predicted octanol–water partition coefficient (Wildman–Crippen LogP) is 4.37. The van der Waals surface area contributed by atoms with Crippen molar-refractivity contribution in [3.63, 3.8) is 0 Å². The van der Waals surface area contributed by atoms with E-state index in [1.807, 2.05) is 31.2 Å². The van der Waals surface area contributed by atoms with Crippen molar-refractivity contribution < 1.29 is 4.79 Å². The molecule has 0 radical (unpaired) electrons. The van der Waals surface area contributed by atoms with E-state index in [-0.39, 0.29) is 11.7 Å². The minimum atomic E-state index is -0.644. The molecular weight excluding hydrogens is 378 g/mol. The van der Waals surface area contributed by atoms with Crippen molar-refractivity contribution in [2.24, 2.45) is 0 Å². The van der Waals surface area contributed by atoms with Gasteiger partial charge >= 0.3 is 0 Å². The van der Waals surface area contributed by atoms with E-state index in [1.165, 1.54) is 28.7 Å². The SMILES string of the molecule is Cc1ccc(Nc2nnc(SCC(=O)N(C)C3(C#N)CCCCC3)s2)cc1. The molecule has 1 N–H and O–H groups in total. The Balaban J connectivity index is 1.55. The lowest BCUT2D eigenvalue weighted by atomic mass is 9.81. The molecule has 27 heavy (non-hydrogen) atoms. The number of hydrogen-bond donors (Lipinski definition) is 1. The van der Waals surface area contributed by atoms with Crippen LogP contribution >= 0.6 is 23.1 Å². The molecule has 1 fully saturated rings. The van der Waals surface area contributed by atoms with Crippen LogP contribution in [0.3, 0.4) is 0 Å². The normalized spacial score (nSPS) is 15.7. The topological polar surface area (TPSA) is 81.9 Å². The maximum Gasteiger partial charge on any atom is 0.234 e. The minimum absolute atomic E-state index is 0.0355. The second-order valence-electron chi connectivity index (χ2n) is 6.81. The maximum atomic E-state index is 12.6. The number of thioether (sulfide) groups is 1. The Kier molecular flexibility index (Phi) is 6.34.